The molecule has 6 nitrogen and oxygen atoms in total. The smallest absolute Gasteiger partial charge is 0.223 e. The maximum Gasteiger partial charge on any atom is 0.223 e. The maximum absolute atomic E-state index is 9.05. The Hall–Kier alpha value is -1.24. The molecule has 1 heterocycles. The fourth-order valence-electron chi connectivity index (χ4n) is 0.963. The number of hydrogen-bond acceptors (Lipinski definition) is 6. The number of anilines is 1. The van der Waals surface area contributed by atoms with Crippen molar-refractivity contribution in [2.75, 3.05) is 25.1 Å². The van der Waals surface area contributed by atoms with E-state index in [1.54, 1.807) is 12.4 Å². The Kier molecular flexibility index (Phi) is 3.96. The fraction of sp³-hybridized carbons (Fsp3) is 0.556. The summed E-state index contributed by atoms with van der Waals surface area (Å²) >= 11 is 0. The van der Waals surface area contributed by atoms with Crippen LogP contribution in [0.5, 0.6) is 0 Å². The van der Waals surface area contributed by atoms with Gasteiger partial charge in [-0.15, -0.1) is 0 Å². The van der Waals surface area contributed by atoms with Crippen LogP contribution in [0.4, 0.5) is 5.95 Å². The average Bonchev–Trinajstić information content (AvgIpc) is 2.29. The van der Waals surface area contributed by atoms with Gasteiger partial charge < -0.3 is 20.6 Å². The molecule has 0 aliphatic carbocycles. The zero-order valence-electron chi connectivity index (χ0n) is 8.51. The Morgan fingerprint density at radius 3 is 2.00 bits per heavy atom. The van der Waals surface area contributed by atoms with Gasteiger partial charge in [-0.1, -0.05) is 0 Å². The van der Waals surface area contributed by atoms with Crippen LogP contribution in [0.15, 0.2) is 12.4 Å². The fourth-order valence-corrected chi connectivity index (χ4v) is 0.963. The van der Waals surface area contributed by atoms with E-state index >= 15 is 0 Å². The standard InChI is InChI=1S/C9H15N3O3/c1-7-2-10-8(11-3-7)12-9(4-13,5-14)6-15/h2-3,13-15H,4-6H2,1H3,(H,10,11,12). The summed E-state index contributed by atoms with van der Waals surface area (Å²) in [6.45, 7) is 0.632. The van der Waals surface area contributed by atoms with E-state index in [1.807, 2.05) is 6.92 Å². The molecule has 0 atom stereocenters. The lowest BCUT2D eigenvalue weighted by atomic mass is 10.0. The third-order valence-electron chi connectivity index (χ3n) is 2.07. The lowest BCUT2D eigenvalue weighted by Crippen LogP contribution is -2.49. The second-order valence-corrected chi connectivity index (χ2v) is 3.46. The Balaban J connectivity index is 2.78. The van der Waals surface area contributed by atoms with Crippen LogP contribution in [0.25, 0.3) is 0 Å². The molecule has 0 aliphatic heterocycles. The highest BCUT2D eigenvalue weighted by atomic mass is 16.3. The molecule has 0 aliphatic rings. The van der Waals surface area contributed by atoms with Gasteiger partial charge in [0.1, 0.15) is 5.54 Å². The molecule has 84 valence electrons. The molecule has 0 spiro atoms. The van der Waals surface area contributed by atoms with Crippen molar-refractivity contribution in [2.24, 2.45) is 0 Å². The summed E-state index contributed by atoms with van der Waals surface area (Å²) in [5.41, 5.74) is -0.280. The van der Waals surface area contributed by atoms with Gasteiger partial charge in [-0.3, -0.25) is 0 Å². The largest absolute Gasteiger partial charge is 0.394 e. The van der Waals surface area contributed by atoms with Crippen molar-refractivity contribution >= 4 is 5.95 Å². The normalized spacial score (nSPS) is 11.5. The molecule has 0 amide bonds. The first-order valence-corrected chi connectivity index (χ1v) is 4.55. The third kappa shape index (κ3) is 2.85. The second kappa shape index (κ2) is 5.01. The van der Waals surface area contributed by atoms with Crippen LogP contribution in [0.2, 0.25) is 0 Å². The zero-order chi connectivity index (χ0) is 11.3. The van der Waals surface area contributed by atoms with Gasteiger partial charge in [0, 0.05) is 12.4 Å². The molecule has 0 bridgehead atoms. The van der Waals surface area contributed by atoms with E-state index in [-0.39, 0.29) is 5.95 Å². The molecule has 0 radical (unpaired) electrons. The first-order valence-electron chi connectivity index (χ1n) is 4.55. The predicted molar refractivity (Wildman–Crippen MR) is 54.4 cm³/mol. The summed E-state index contributed by atoms with van der Waals surface area (Å²) in [6.07, 6.45) is 3.21. The predicted octanol–water partition coefficient (Wildman–Crippen LogP) is -1.09. The lowest BCUT2D eigenvalue weighted by Gasteiger charge is -2.28. The van der Waals surface area contributed by atoms with Gasteiger partial charge in [-0.25, -0.2) is 9.97 Å². The number of hydrogen-bond donors (Lipinski definition) is 4. The van der Waals surface area contributed by atoms with Crippen LogP contribution in [0.1, 0.15) is 5.56 Å². The minimum absolute atomic E-state index is 0.262. The summed E-state index contributed by atoms with van der Waals surface area (Å²) in [6, 6.07) is 0. The van der Waals surface area contributed by atoms with Gasteiger partial charge in [0.2, 0.25) is 5.95 Å². The van der Waals surface area contributed by atoms with Gasteiger partial charge >= 0.3 is 0 Å². The molecule has 15 heavy (non-hydrogen) atoms. The quantitative estimate of drug-likeness (QED) is 0.496. The van der Waals surface area contributed by atoms with E-state index in [2.05, 4.69) is 15.3 Å². The third-order valence-corrected chi connectivity index (χ3v) is 2.07. The molecule has 1 aromatic rings. The molecule has 6 heteroatoms. The number of aryl methyl sites for hydroxylation is 1. The number of aromatic nitrogens is 2. The number of nitrogens with zero attached hydrogens (tertiary/aromatic N) is 2. The molecular formula is C9H15N3O3. The van der Waals surface area contributed by atoms with Gasteiger partial charge in [0.15, 0.2) is 0 Å². The molecule has 0 fully saturated rings. The topological polar surface area (TPSA) is 98.5 Å². The SMILES string of the molecule is Cc1cnc(NC(CO)(CO)CO)nc1. The Labute approximate surface area is 87.6 Å². The summed E-state index contributed by atoms with van der Waals surface area (Å²) in [5, 5.41) is 29.9. The molecule has 0 unspecified atom stereocenters. The highest BCUT2D eigenvalue weighted by Crippen LogP contribution is 2.10. The van der Waals surface area contributed by atoms with E-state index in [9.17, 15) is 0 Å². The van der Waals surface area contributed by atoms with Crippen LogP contribution in [-0.2, 0) is 0 Å². The summed E-state index contributed by atoms with van der Waals surface area (Å²) in [4.78, 5) is 7.90. The maximum atomic E-state index is 9.05. The van der Waals surface area contributed by atoms with Gasteiger partial charge in [-0.05, 0) is 12.5 Å². The summed E-state index contributed by atoms with van der Waals surface area (Å²) in [7, 11) is 0. The molecule has 0 saturated carbocycles. The number of rotatable bonds is 5. The van der Waals surface area contributed by atoms with E-state index in [4.69, 9.17) is 15.3 Å². The van der Waals surface area contributed by atoms with Crippen molar-refractivity contribution in [2.45, 2.75) is 12.5 Å². The Morgan fingerprint density at radius 2 is 1.60 bits per heavy atom. The van der Waals surface area contributed by atoms with Crippen LogP contribution in [0, 0.1) is 6.92 Å². The average molecular weight is 213 g/mol. The Morgan fingerprint density at radius 1 is 1.13 bits per heavy atom. The van der Waals surface area contributed by atoms with Gasteiger partial charge in [0.25, 0.3) is 0 Å². The van der Waals surface area contributed by atoms with Crippen molar-refractivity contribution in [3.8, 4) is 0 Å². The van der Waals surface area contributed by atoms with Crippen LogP contribution in [-0.4, -0.2) is 50.6 Å². The summed E-state index contributed by atoms with van der Waals surface area (Å²) in [5.74, 6) is 0.262. The van der Waals surface area contributed by atoms with E-state index in [0.29, 0.717) is 0 Å². The van der Waals surface area contributed by atoms with Crippen molar-refractivity contribution in [1.82, 2.24) is 9.97 Å². The van der Waals surface area contributed by atoms with Crippen molar-refractivity contribution < 1.29 is 15.3 Å². The van der Waals surface area contributed by atoms with Crippen LogP contribution in [0.3, 0.4) is 0 Å². The number of nitrogens with one attached hydrogen (secondary N) is 1. The lowest BCUT2D eigenvalue weighted by molar-refractivity contribution is 0.0828. The molecule has 4 N–H and O–H groups in total. The van der Waals surface area contributed by atoms with Crippen molar-refractivity contribution in [1.29, 1.82) is 0 Å². The van der Waals surface area contributed by atoms with Crippen molar-refractivity contribution in [3.63, 3.8) is 0 Å². The van der Waals surface area contributed by atoms with E-state index < -0.39 is 25.4 Å². The Bertz CT molecular complexity index is 290. The molecular weight excluding hydrogens is 198 g/mol. The molecule has 1 aromatic heterocycles. The number of aliphatic hydroxyl groups is 3. The zero-order valence-corrected chi connectivity index (χ0v) is 8.51. The molecule has 1 rings (SSSR count). The minimum atomic E-state index is -1.19. The highest BCUT2D eigenvalue weighted by molar-refractivity contribution is 5.29. The van der Waals surface area contributed by atoms with E-state index in [0.717, 1.165) is 5.56 Å². The molecule has 0 aromatic carbocycles. The van der Waals surface area contributed by atoms with Crippen LogP contribution >= 0.6 is 0 Å². The monoisotopic (exact) mass is 213 g/mol. The van der Waals surface area contributed by atoms with Gasteiger partial charge in [0.05, 0.1) is 19.8 Å². The van der Waals surface area contributed by atoms with Crippen molar-refractivity contribution in [3.05, 3.63) is 18.0 Å². The minimum Gasteiger partial charge on any atom is -0.394 e. The second-order valence-electron chi connectivity index (χ2n) is 3.46. The number of aliphatic hydroxyl groups excluding tert-OH is 3. The highest BCUT2D eigenvalue weighted by Gasteiger charge is 2.28. The van der Waals surface area contributed by atoms with Gasteiger partial charge in [-0.2, -0.15) is 0 Å². The van der Waals surface area contributed by atoms with Crippen LogP contribution < -0.4 is 5.32 Å². The van der Waals surface area contributed by atoms with E-state index in [1.165, 1.54) is 0 Å². The summed E-state index contributed by atoms with van der Waals surface area (Å²) < 4.78 is 0. The first kappa shape index (κ1) is 11.8. The first-order chi connectivity index (χ1) is 7.15. The molecule has 0 saturated heterocycles.